The first kappa shape index (κ1) is 31.7. The second-order valence-electron chi connectivity index (χ2n) is 11.3. The van der Waals surface area contributed by atoms with E-state index in [1.165, 1.54) is 11.8 Å². The molecule has 0 radical (unpaired) electrons. The van der Waals surface area contributed by atoms with Crippen molar-refractivity contribution >= 4 is 27.5 Å². The minimum Gasteiger partial charge on any atom is -0.497 e. The molecule has 1 N–H and O–H groups in total. The number of nitrogens with one attached hydrogen (secondary N) is 1. The third kappa shape index (κ3) is 8.19. The lowest BCUT2D eigenvalue weighted by Gasteiger charge is -2.35. The molecule has 3 aromatic rings. The summed E-state index contributed by atoms with van der Waals surface area (Å²) in [6.07, 6.45) is 0.225. The Balaban J connectivity index is 1.77. The molecule has 1 aliphatic heterocycles. The first-order valence-electron chi connectivity index (χ1n) is 14.1. The fourth-order valence-corrected chi connectivity index (χ4v) is 5.79. The standard InChI is InChI=1S/C32H39N3O7S/c1-6-43(38,39)35(25-15-16-28-29(19-25)42-22-41-28)21-30(36)34(20-24-13-10-14-26(17-24)40-5)27(31(37)33-32(2,3)4)18-23-11-8-7-9-12-23/h7-17,19,27H,6,18,20-22H2,1-5H3,(H,33,37)/t27-/m1/s1. The normalized spacial score (nSPS) is 13.2. The van der Waals surface area contributed by atoms with Crippen LogP contribution in [-0.2, 0) is 32.6 Å². The average Bonchev–Trinajstić information content (AvgIpc) is 3.45. The molecule has 2 amide bonds. The number of carbonyl (C=O) groups excluding carboxylic acids is 2. The molecule has 3 aromatic carbocycles. The highest BCUT2D eigenvalue weighted by molar-refractivity contribution is 7.92. The lowest BCUT2D eigenvalue weighted by atomic mass is 10.0. The Bertz CT molecular complexity index is 1540. The van der Waals surface area contributed by atoms with Gasteiger partial charge in [0.2, 0.25) is 28.6 Å². The molecule has 0 saturated heterocycles. The second kappa shape index (κ2) is 13.4. The molecule has 0 fully saturated rings. The topological polar surface area (TPSA) is 114 Å². The molecule has 0 bridgehead atoms. The monoisotopic (exact) mass is 609 g/mol. The molecular formula is C32H39N3O7S. The minimum atomic E-state index is -3.91. The number of amides is 2. The molecule has 230 valence electrons. The van der Waals surface area contributed by atoms with Gasteiger partial charge in [0.1, 0.15) is 18.3 Å². The lowest BCUT2D eigenvalue weighted by Crippen LogP contribution is -2.56. The second-order valence-corrected chi connectivity index (χ2v) is 13.4. The van der Waals surface area contributed by atoms with Crippen LogP contribution in [0.25, 0.3) is 0 Å². The summed E-state index contributed by atoms with van der Waals surface area (Å²) in [6.45, 7) is 6.68. The number of fused-ring (bicyclic) bond motifs is 1. The van der Waals surface area contributed by atoms with Crippen LogP contribution >= 0.6 is 0 Å². The number of methoxy groups -OCH3 is 1. The number of carbonyl (C=O) groups is 2. The van der Waals surface area contributed by atoms with E-state index in [1.54, 1.807) is 43.5 Å². The van der Waals surface area contributed by atoms with Gasteiger partial charge in [0.05, 0.1) is 18.6 Å². The van der Waals surface area contributed by atoms with E-state index in [1.807, 2.05) is 57.2 Å². The minimum absolute atomic E-state index is 0.0244. The molecule has 11 heteroatoms. The van der Waals surface area contributed by atoms with Gasteiger partial charge in [-0.3, -0.25) is 13.9 Å². The highest BCUT2D eigenvalue weighted by Crippen LogP contribution is 2.36. The summed E-state index contributed by atoms with van der Waals surface area (Å²) >= 11 is 0. The Hall–Kier alpha value is -4.25. The van der Waals surface area contributed by atoms with Gasteiger partial charge in [0.15, 0.2) is 11.5 Å². The maximum Gasteiger partial charge on any atom is 0.244 e. The SMILES string of the molecule is CCS(=O)(=O)N(CC(=O)N(Cc1cccc(OC)c1)[C@H](Cc1ccccc1)C(=O)NC(C)(C)C)c1ccc2c(c1)OCO2. The van der Waals surface area contributed by atoms with E-state index < -0.39 is 34.1 Å². The van der Waals surface area contributed by atoms with E-state index in [0.29, 0.717) is 17.2 Å². The third-order valence-corrected chi connectivity index (χ3v) is 8.62. The van der Waals surface area contributed by atoms with Gasteiger partial charge < -0.3 is 24.4 Å². The number of hydrogen-bond donors (Lipinski definition) is 1. The maximum absolute atomic E-state index is 14.3. The van der Waals surface area contributed by atoms with Crippen LogP contribution in [0.4, 0.5) is 5.69 Å². The molecule has 0 spiro atoms. The van der Waals surface area contributed by atoms with Crippen molar-refractivity contribution in [3.05, 3.63) is 83.9 Å². The zero-order chi connectivity index (χ0) is 31.2. The van der Waals surface area contributed by atoms with Crippen molar-refractivity contribution in [3.8, 4) is 17.2 Å². The largest absolute Gasteiger partial charge is 0.497 e. The fourth-order valence-electron chi connectivity index (χ4n) is 4.73. The summed E-state index contributed by atoms with van der Waals surface area (Å²) in [5, 5.41) is 3.02. The maximum atomic E-state index is 14.3. The number of hydrogen-bond acceptors (Lipinski definition) is 7. The summed E-state index contributed by atoms with van der Waals surface area (Å²) in [5.74, 6) is 0.358. The number of rotatable bonds is 12. The molecule has 1 aliphatic rings. The summed E-state index contributed by atoms with van der Waals surface area (Å²) in [5.41, 5.74) is 1.27. The van der Waals surface area contributed by atoms with Crippen LogP contribution < -0.4 is 23.8 Å². The Morgan fingerprint density at radius 3 is 2.33 bits per heavy atom. The predicted octanol–water partition coefficient (Wildman–Crippen LogP) is 4.13. The van der Waals surface area contributed by atoms with Crippen molar-refractivity contribution in [1.82, 2.24) is 10.2 Å². The van der Waals surface area contributed by atoms with E-state index in [9.17, 15) is 18.0 Å². The molecule has 0 aromatic heterocycles. The Labute approximate surface area is 253 Å². The van der Waals surface area contributed by atoms with Crippen molar-refractivity contribution in [2.45, 2.75) is 52.2 Å². The molecular weight excluding hydrogens is 570 g/mol. The zero-order valence-electron chi connectivity index (χ0n) is 25.2. The van der Waals surface area contributed by atoms with E-state index >= 15 is 0 Å². The van der Waals surface area contributed by atoms with Crippen molar-refractivity contribution in [3.63, 3.8) is 0 Å². The van der Waals surface area contributed by atoms with Crippen LogP contribution in [-0.4, -0.2) is 62.9 Å². The van der Waals surface area contributed by atoms with Gasteiger partial charge in [0, 0.05) is 24.6 Å². The van der Waals surface area contributed by atoms with Crippen LogP contribution in [0.15, 0.2) is 72.8 Å². The molecule has 0 aliphatic carbocycles. The molecule has 10 nitrogen and oxygen atoms in total. The van der Waals surface area contributed by atoms with Crippen molar-refractivity contribution in [1.29, 1.82) is 0 Å². The summed E-state index contributed by atoms with van der Waals surface area (Å²) in [4.78, 5) is 29.7. The molecule has 1 atom stereocenters. The first-order valence-corrected chi connectivity index (χ1v) is 15.7. The van der Waals surface area contributed by atoms with Crippen LogP contribution in [0.5, 0.6) is 17.2 Å². The van der Waals surface area contributed by atoms with E-state index in [4.69, 9.17) is 14.2 Å². The number of ether oxygens (including phenoxy) is 3. The van der Waals surface area contributed by atoms with Gasteiger partial charge in [-0.15, -0.1) is 0 Å². The Morgan fingerprint density at radius 2 is 1.65 bits per heavy atom. The highest BCUT2D eigenvalue weighted by Gasteiger charge is 2.35. The van der Waals surface area contributed by atoms with E-state index in [0.717, 1.165) is 15.4 Å². The van der Waals surface area contributed by atoms with E-state index in [2.05, 4.69) is 5.32 Å². The number of anilines is 1. The van der Waals surface area contributed by atoms with Crippen LogP contribution in [0.1, 0.15) is 38.8 Å². The highest BCUT2D eigenvalue weighted by atomic mass is 32.2. The Morgan fingerprint density at radius 1 is 0.953 bits per heavy atom. The van der Waals surface area contributed by atoms with Gasteiger partial charge in [0.25, 0.3) is 0 Å². The van der Waals surface area contributed by atoms with Gasteiger partial charge in [-0.25, -0.2) is 8.42 Å². The zero-order valence-corrected chi connectivity index (χ0v) is 26.0. The van der Waals surface area contributed by atoms with Gasteiger partial charge in [-0.05, 0) is 63.1 Å². The lowest BCUT2D eigenvalue weighted by molar-refractivity contribution is -0.140. The molecule has 1 heterocycles. The van der Waals surface area contributed by atoms with Crippen LogP contribution in [0, 0.1) is 0 Å². The Kier molecular flexibility index (Phi) is 9.85. The van der Waals surface area contributed by atoms with Gasteiger partial charge in [-0.2, -0.15) is 0 Å². The van der Waals surface area contributed by atoms with Crippen molar-refractivity contribution < 1.29 is 32.2 Å². The van der Waals surface area contributed by atoms with Gasteiger partial charge >= 0.3 is 0 Å². The molecule has 43 heavy (non-hydrogen) atoms. The molecule has 0 unspecified atom stereocenters. The summed E-state index contributed by atoms with van der Waals surface area (Å²) in [7, 11) is -2.36. The molecule has 0 saturated carbocycles. The number of benzene rings is 3. The fraction of sp³-hybridized carbons (Fsp3) is 0.375. The molecule has 4 rings (SSSR count). The predicted molar refractivity (Wildman–Crippen MR) is 165 cm³/mol. The van der Waals surface area contributed by atoms with E-state index in [-0.39, 0.29) is 37.1 Å². The third-order valence-electron chi connectivity index (χ3n) is 6.88. The van der Waals surface area contributed by atoms with Crippen LogP contribution in [0.2, 0.25) is 0 Å². The summed E-state index contributed by atoms with van der Waals surface area (Å²) < 4.78 is 44.0. The number of nitrogens with zero attached hydrogens (tertiary/aromatic N) is 2. The van der Waals surface area contributed by atoms with Crippen molar-refractivity contribution in [2.75, 3.05) is 30.5 Å². The summed E-state index contributed by atoms with van der Waals surface area (Å²) in [6, 6.07) is 20.4. The number of sulfonamides is 1. The van der Waals surface area contributed by atoms with Gasteiger partial charge in [-0.1, -0.05) is 42.5 Å². The average molecular weight is 610 g/mol. The quantitative estimate of drug-likeness (QED) is 0.328. The van der Waals surface area contributed by atoms with Crippen LogP contribution in [0.3, 0.4) is 0 Å². The first-order chi connectivity index (χ1) is 20.4. The smallest absolute Gasteiger partial charge is 0.244 e. The van der Waals surface area contributed by atoms with Crippen molar-refractivity contribution in [2.24, 2.45) is 0 Å².